The van der Waals surface area contributed by atoms with Gasteiger partial charge in [0.1, 0.15) is 0 Å². The molecule has 34 heavy (non-hydrogen) atoms. The molecule has 1 saturated heterocycles. The topological polar surface area (TPSA) is 109 Å². The molecule has 1 aliphatic rings. The van der Waals surface area contributed by atoms with E-state index in [1.54, 1.807) is 24.5 Å². The molecule has 3 aromatic rings. The number of benzene rings is 1. The van der Waals surface area contributed by atoms with Crippen LogP contribution in [0.3, 0.4) is 0 Å². The van der Waals surface area contributed by atoms with Crippen molar-refractivity contribution in [3.63, 3.8) is 0 Å². The fourth-order valence-corrected chi connectivity index (χ4v) is 4.98. The van der Waals surface area contributed by atoms with Crippen LogP contribution in [-0.2, 0) is 27.4 Å². The number of amides is 1. The zero-order valence-electron chi connectivity index (χ0n) is 17.8. The van der Waals surface area contributed by atoms with Crippen LogP contribution in [0.25, 0.3) is 11.4 Å². The third-order valence-electron chi connectivity index (χ3n) is 5.35. The Morgan fingerprint density at radius 1 is 1.06 bits per heavy atom. The second-order valence-corrected chi connectivity index (χ2v) is 9.50. The van der Waals surface area contributed by atoms with Gasteiger partial charge >= 0.3 is 6.18 Å². The van der Waals surface area contributed by atoms with Crippen LogP contribution in [0.5, 0.6) is 0 Å². The molecule has 0 saturated carbocycles. The van der Waals surface area contributed by atoms with E-state index in [2.05, 4.69) is 15.1 Å². The summed E-state index contributed by atoms with van der Waals surface area (Å²) < 4.78 is 70.7. The summed E-state index contributed by atoms with van der Waals surface area (Å²) in [6, 6.07) is 7.09. The zero-order valence-corrected chi connectivity index (χ0v) is 18.6. The lowest BCUT2D eigenvalue weighted by Crippen LogP contribution is -2.50. The number of nitrogens with zero attached hydrogens (tertiary/aromatic N) is 5. The molecule has 1 aliphatic heterocycles. The number of sulfonamides is 1. The van der Waals surface area contributed by atoms with Crippen molar-refractivity contribution in [2.75, 3.05) is 26.2 Å². The van der Waals surface area contributed by atoms with Crippen molar-refractivity contribution in [3.8, 4) is 11.4 Å². The molecule has 180 valence electrons. The molecule has 9 nitrogen and oxygen atoms in total. The van der Waals surface area contributed by atoms with Crippen LogP contribution in [0.1, 0.15) is 17.9 Å². The number of carbonyl (C=O) groups excluding carboxylic acids is 1. The van der Waals surface area contributed by atoms with Crippen molar-refractivity contribution in [2.45, 2.75) is 23.9 Å². The number of carbonyl (C=O) groups is 1. The standard InChI is InChI=1S/C21H20F3N5O4S/c22-21(23,24)16-2-1-3-17(14-16)34(31,32)29-12-10-28(11-13-29)19(30)5-4-18-26-20(27-33-18)15-6-8-25-9-7-15/h1-3,6-9,14H,4-5,10-13H2. The zero-order chi connectivity index (χ0) is 24.3. The van der Waals surface area contributed by atoms with E-state index in [1.807, 2.05) is 0 Å². The van der Waals surface area contributed by atoms with Gasteiger partial charge in [0.05, 0.1) is 10.5 Å². The quantitative estimate of drug-likeness (QED) is 0.517. The predicted octanol–water partition coefficient (Wildman–Crippen LogP) is 2.62. The van der Waals surface area contributed by atoms with Gasteiger partial charge in [-0.05, 0) is 30.3 Å². The minimum absolute atomic E-state index is 0.0168. The first-order valence-electron chi connectivity index (χ1n) is 10.3. The normalized spacial score (nSPS) is 15.4. The van der Waals surface area contributed by atoms with Crippen LogP contribution < -0.4 is 0 Å². The summed E-state index contributed by atoms with van der Waals surface area (Å²) in [4.78, 5) is 21.8. The molecular weight excluding hydrogens is 475 g/mol. The van der Waals surface area contributed by atoms with Crippen molar-refractivity contribution in [3.05, 3.63) is 60.2 Å². The molecule has 0 spiro atoms. The van der Waals surface area contributed by atoms with Gasteiger partial charge in [-0.15, -0.1) is 0 Å². The number of halogens is 3. The third kappa shape index (κ3) is 5.25. The number of piperazine rings is 1. The molecule has 1 fully saturated rings. The molecule has 0 radical (unpaired) electrons. The molecule has 0 aliphatic carbocycles. The smallest absolute Gasteiger partial charge is 0.340 e. The lowest BCUT2D eigenvalue weighted by atomic mass is 10.2. The van der Waals surface area contributed by atoms with Crippen LogP contribution in [-0.4, -0.2) is 64.8 Å². The molecule has 1 amide bonds. The summed E-state index contributed by atoms with van der Waals surface area (Å²) >= 11 is 0. The first-order chi connectivity index (χ1) is 16.1. The van der Waals surface area contributed by atoms with Crippen molar-refractivity contribution in [1.29, 1.82) is 0 Å². The van der Waals surface area contributed by atoms with E-state index in [1.165, 1.54) is 4.90 Å². The van der Waals surface area contributed by atoms with Crippen molar-refractivity contribution in [1.82, 2.24) is 24.3 Å². The minimum Gasteiger partial charge on any atom is -0.340 e. The van der Waals surface area contributed by atoms with Gasteiger partial charge in [0, 0.05) is 57.0 Å². The molecule has 0 N–H and O–H groups in total. The third-order valence-corrected chi connectivity index (χ3v) is 7.24. The van der Waals surface area contributed by atoms with Crippen LogP contribution in [0.2, 0.25) is 0 Å². The number of alkyl halides is 3. The van der Waals surface area contributed by atoms with E-state index >= 15 is 0 Å². The molecule has 3 heterocycles. The van der Waals surface area contributed by atoms with Gasteiger partial charge in [0.25, 0.3) is 0 Å². The van der Waals surface area contributed by atoms with Gasteiger partial charge in [-0.1, -0.05) is 11.2 Å². The summed E-state index contributed by atoms with van der Waals surface area (Å²) in [6.45, 7) is 0.223. The average molecular weight is 495 g/mol. The van der Waals surface area contributed by atoms with Crippen LogP contribution in [0, 0.1) is 0 Å². The second kappa shape index (κ2) is 9.50. The van der Waals surface area contributed by atoms with Crippen LogP contribution >= 0.6 is 0 Å². The maximum atomic E-state index is 13.0. The van der Waals surface area contributed by atoms with E-state index in [9.17, 15) is 26.4 Å². The Kier molecular flexibility index (Phi) is 6.66. The first kappa shape index (κ1) is 23.8. The Morgan fingerprint density at radius 2 is 1.76 bits per heavy atom. The molecule has 13 heteroatoms. The summed E-state index contributed by atoms with van der Waals surface area (Å²) in [5.41, 5.74) is -0.301. The highest BCUT2D eigenvalue weighted by Crippen LogP contribution is 2.31. The molecule has 1 aromatic carbocycles. The van der Waals surface area contributed by atoms with Crippen molar-refractivity contribution in [2.24, 2.45) is 0 Å². The molecule has 0 bridgehead atoms. The number of hydrogen-bond donors (Lipinski definition) is 0. The fraction of sp³-hybridized carbons (Fsp3) is 0.333. The predicted molar refractivity (Wildman–Crippen MR) is 113 cm³/mol. The van der Waals surface area contributed by atoms with Gasteiger partial charge in [0.2, 0.25) is 27.6 Å². The molecular formula is C21H20F3N5O4S. The molecule has 0 atom stereocenters. The van der Waals surface area contributed by atoms with Crippen LogP contribution in [0.15, 0.2) is 58.2 Å². The maximum Gasteiger partial charge on any atom is 0.416 e. The average Bonchev–Trinajstić information content (AvgIpc) is 3.32. The monoisotopic (exact) mass is 495 g/mol. The molecule has 2 aromatic heterocycles. The summed E-state index contributed by atoms with van der Waals surface area (Å²) in [5, 5.41) is 3.88. The van der Waals surface area contributed by atoms with E-state index < -0.39 is 26.7 Å². The van der Waals surface area contributed by atoms with E-state index in [-0.39, 0.29) is 44.9 Å². The number of aryl methyl sites for hydroxylation is 1. The highest BCUT2D eigenvalue weighted by Gasteiger charge is 2.34. The molecule has 4 rings (SSSR count). The van der Waals surface area contributed by atoms with Gasteiger partial charge in [0.15, 0.2) is 0 Å². The SMILES string of the molecule is O=C(CCc1nc(-c2ccncc2)no1)N1CCN(S(=O)(=O)c2cccc(C(F)(F)F)c2)CC1. The van der Waals surface area contributed by atoms with E-state index in [4.69, 9.17) is 4.52 Å². The summed E-state index contributed by atoms with van der Waals surface area (Å²) in [6.07, 6.45) is -1.13. The Bertz CT molecular complexity index is 1260. The Labute approximate surface area is 193 Å². The lowest BCUT2D eigenvalue weighted by Gasteiger charge is -2.34. The maximum absolute atomic E-state index is 13.0. The van der Waals surface area contributed by atoms with Crippen LogP contribution in [0.4, 0.5) is 13.2 Å². The Hall–Kier alpha value is -3.32. The second-order valence-electron chi connectivity index (χ2n) is 7.56. The number of pyridine rings is 1. The van der Waals surface area contributed by atoms with E-state index in [0.717, 1.165) is 28.1 Å². The van der Waals surface area contributed by atoms with Gasteiger partial charge in [-0.25, -0.2) is 8.42 Å². The summed E-state index contributed by atoms with van der Waals surface area (Å²) in [7, 11) is -4.12. The first-order valence-corrected chi connectivity index (χ1v) is 11.8. The van der Waals surface area contributed by atoms with Crippen molar-refractivity contribution >= 4 is 15.9 Å². The number of rotatable bonds is 6. The highest BCUT2D eigenvalue weighted by molar-refractivity contribution is 7.89. The Balaban J connectivity index is 1.32. The lowest BCUT2D eigenvalue weighted by molar-refractivity contribution is -0.137. The van der Waals surface area contributed by atoms with Crippen molar-refractivity contribution < 1.29 is 30.9 Å². The Morgan fingerprint density at radius 3 is 2.44 bits per heavy atom. The number of aromatic nitrogens is 3. The number of hydrogen-bond acceptors (Lipinski definition) is 7. The highest BCUT2D eigenvalue weighted by atomic mass is 32.2. The summed E-state index contributed by atoms with van der Waals surface area (Å²) in [5.74, 6) is 0.476. The minimum atomic E-state index is -4.64. The van der Waals surface area contributed by atoms with E-state index in [0.29, 0.717) is 17.8 Å². The van der Waals surface area contributed by atoms with Gasteiger partial charge in [-0.2, -0.15) is 22.5 Å². The van der Waals surface area contributed by atoms with Gasteiger partial charge < -0.3 is 9.42 Å². The largest absolute Gasteiger partial charge is 0.416 e. The molecule has 0 unspecified atom stereocenters. The fourth-order valence-electron chi connectivity index (χ4n) is 3.51. The van der Waals surface area contributed by atoms with Gasteiger partial charge in [-0.3, -0.25) is 9.78 Å².